The number of fused-ring (bicyclic) bond motifs is 1. The Balaban J connectivity index is 1.49. The first-order valence-corrected chi connectivity index (χ1v) is 10.1. The number of amides is 2. The molecule has 28 heavy (non-hydrogen) atoms. The second kappa shape index (κ2) is 9.93. The van der Waals surface area contributed by atoms with Gasteiger partial charge in [0, 0.05) is 30.8 Å². The molecule has 0 bridgehead atoms. The molecule has 1 heterocycles. The molecule has 0 fully saturated rings. The zero-order valence-corrected chi connectivity index (χ0v) is 16.4. The van der Waals surface area contributed by atoms with Gasteiger partial charge in [-0.25, -0.2) is 0 Å². The molecule has 0 aliphatic carbocycles. The number of hydrogen-bond acceptors (Lipinski definition) is 3. The molecule has 1 aliphatic rings. The highest BCUT2D eigenvalue weighted by Gasteiger charge is 2.16. The third-order valence-corrected chi connectivity index (χ3v) is 4.88. The maximum absolute atomic E-state index is 12.7. The van der Waals surface area contributed by atoms with Gasteiger partial charge in [0.25, 0.3) is 0 Å². The van der Waals surface area contributed by atoms with E-state index in [0.29, 0.717) is 25.9 Å². The van der Waals surface area contributed by atoms with Crippen LogP contribution in [0.15, 0.2) is 48.5 Å². The maximum atomic E-state index is 12.7. The summed E-state index contributed by atoms with van der Waals surface area (Å²) in [6, 6.07) is 15.6. The van der Waals surface area contributed by atoms with E-state index in [-0.39, 0.29) is 11.8 Å². The van der Waals surface area contributed by atoms with Gasteiger partial charge in [-0.05, 0) is 55.2 Å². The van der Waals surface area contributed by atoms with E-state index in [9.17, 15) is 9.59 Å². The molecule has 5 nitrogen and oxygen atoms in total. The largest absolute Gasteiger partial charge is 0.494 e. The molecule has 2 aromatic rings. The van der Waals surface area contributed by atoms with E-state index in [0.717, 1.165) is 48.5 Å². The average molecular weight is 380 g/mol. The van der Waals surface area contributed by atoms with Crippen LogP contribution in [0.3, 0.4) is 0 Å². The van der Waals surface area contributed by atoms with Gasteiger partial charge in [0.1, 0.15) is 5.75 Å². The zero-order valence-electron chi connectivity index (χ0n) is 16.4. The van der Waals surface area contributed by atoms with E-state index in [1.807, 2.05) is 53.4 Å². The number of anilines is 2. The summed E-state index contributed by atoms with van der Waals surface area (Å²) in [4.78, 5) is 26.0. The van der Waals surface area contributed by atoms with Crippen LogP contribution in [0.25, 0.3) is 0 Å². The molecule has 5 heteroatoms. The highest BCUT2D eigenvalue weighted by molar-refractivity contribution is 5.94. The Bertz CT molecular complexity index is 805. The second-order valence-electron chi connectivity index (χ2n) is 7.05. The number of nitrogens with zero attached hydrogens (tertiary/aromatic N) is 1. The molecule has 1 N–H and O–H groups in total. The molecule has 3 rings (SSSR count). The lowest BCUT2D eigenvalue weighted by Gasteiger charge is -2.23. The number of ether oxygens (including phenoxy) is 1. The number of carbonyl (C=O) groups is 2. The van der Waals surface area contributed by atoms with Crippen molar-refractivity contribution in [1.82, 2.24) is 0 Å². The van der Waals surface area contributed by atoms with Gasteiger partial charge >= 0.3 is 0 Å². The van der Waals surface area contributed by atoms with Crippen molar-refractivity contribution in [2.75, 3.05) is 23.4 Å². The summed E-state index contributed by atoms with van der Waals surface area (Å²) >= 11 is 0. The molecule has 148 valence electrons. The molecule has 0 spiro atoms. The molecule has 0 saturated heterocycles. The number of carbonyl (C=O) groups excluding carboxylic acids is 2. The van der Waals surface area contributed by atoms with Crippen LogP contribution >= 0.6 is 0 Å². The standard InChI is InChI=1S/C23H28N2O3/c1-2-3-15-25(19-8-5-4-6-9-19)23(27)10-7-16-28-20-12-13-21-18(17-20)11-14-22(26)24-21/h4-6,8-9,12-13,17H,2-3,7,10-11,14-16H2,1H3,(H,24,26). The van der Waals surface area contributed by atoms with E-state index >= 15 is 0 Å². The van der Waals surface area contributed by atoms with Crippen LogP contribution in [0, 0.1) is 0 Å². The fraction of sp³-hybridized carbons (Fsp3) is 0.391. The summed E-state index contributed by atoms with van der Waals surface area (Å²) in [7, 11) is 0. The van der Waals surface area contributed by atoms with Crippen LogP contribution in [-0.4, -0.2) is 25.0 Å². The molecule has 0 atom stereocenters. The predicted octanol–water partition coefficient (Wildman–Crippen LogP) is 4.56. The lowest BCUT2D eigenvalue weighted by molar-refractivity contribution is -0.119. The van der Waals surface area contributed by atoms with Crippen LogP contribution in [-0.2, 0) is 16.0 Å². The van der Waals surface area contributed by atoms with E-state index in [1.165, 1.54) is 0 Å². The smallest absolute Gasteiger partial charge is 0.227 e. The third kappa shape index (κ3) is 5.35. The van der Waals surface area contributed by atoms with Gasteiger partial charge in [-0.3, -0.25) is 9.59 Å². The number of benzene rings is 2. The van der Waals surface area contributed by atoms with Gasteiger partial charge in [0.2, 0.25) is 11.8 Å². The first-order chi connectivity index (χ1) is 13.7. The van der Waals surface area contributed by atoms with Gasteiger partial charge < -0.3 is 15.0 Å². The fourth-order valence-corrected chi connectivity index (χ4v) is 3.32. The number of rotatable bonds is 9. The fourth-order valence-electron chi connectivity index (χ4n) is 3.32. The summed E-state index contributed by atoms with van der Waals surface area (Å²) in [6.45, 7) is 3.37. The van der Waals surface area contributed by atoms with Crippen molar-refractivity contribution in [2.45, 2.75) is 45.4 Å². The lowest BCUT2D eigenvalue weighted by Crippen LogP contribution is -2.31. The van der Waals surface area contributed by atoms with Crippen molar-refractivity contribution in [1.29, 1.82) is 0 Å². The number of hydrogen-bond donors (Lipinski definition) is 1. The van der Waals surface area contributed by atoms with Gasteiger partial charge in [-0.2, -0.15) is 0 Å². The minimum atomic E-state index is 0.0609. The van der Waals surface area contributed by atoms with Crippen molar-refractivity contribution in [3.05, 3.63) is 54.1 Å². The van der Waals surface area contributed by atoms with Crippen LogP contribution < -0.4 is 15.0 Å². The first-order valence-electron chi connectivity index (χ1n) is 10.1. The number of nitrogens with one attached hydrogen (secondary N) is 1. The van der Waals surface area contributed by atoms with E-state index in [1.54, 1.807) is 0 Å². The minimum absolute atomic E-state index is 0.0609. The van der Waals surface area contributed by atoms with E-state index < -0.39 is 0 Å². The summed E-state index contributed by atoms with van der Waals surface area (Å²) in [5.41, 5.74) is 2.93. The van der Waals surface area contributed by atoms with Crippen LogP contribution in [0.5, 0.6) is 5.75 Å². The van der Waals surface area contributed by atoms with Gasteiger partial charge in [-0.15, -0.1) is 0 Å². The Morgan fingerprint density at radius 2 is 1.93 bits per heavy atom. The van der Waals surface area contributed by atoms with Gasteiger partial charge in [0.15, 0.2) is 0 Å². The molecular formula is C23H28N2O3. The molecule has 0 saturated carbocycles. The highest BCUT2D eigenvalue weighted by Crippen LogP contribution is 2.27. The summed E-state index contributed by atoms with van der Waals surface area (Å²) < 4.78 is 5.83. The van der Waals surface area contributed by atoms with Crippen molar-refractivity contribution >= 4 is 23.2 Å². The lowest BCUT2D eigenvalue weighted by atomic mass is 10.0. The van der Waals surface area contributed by atoms with Crippen molar-refractivity contribution in [3.63, 3.8) is 0 Å². The maximum Gasteiger partial charge on any atom is 0.227 e. The molecule has 2 aromatic carbocycles. The molecule has 2 amide bonds. The third-order valence-electron chi connectivity index (χ3n) is 4.88. The van der Waals surface area contributed by atoms with E-state index in [4.69, 9.17) is 4.74 Å². The highest BCUT2D eigenvalue weighted by atomic mass is 16.5. The number of para-hydroxylation sites is 1. The number of aryl methyl sites for hydroxylation is 1. The van der Waals surface area contributed by atoms with Gasteiger partial charge in [-0.1, -0.05) is 31.5 Å². The number of unbranched alkanes of at least 4 members (excludes halogenated alkanes) is 1. The quantitative estimate of drug-likeness (QED) is 0.649. The predicted molar refractivity (Wildman–Crippen MR) is 112 cm³/mol. The Hall–Kier alpha value is -2.82. The summed E-state index contributed by atoms with van der Waals surface area (Å²) in [5, 5.41) is 2.87. The Morgan fingerprint density at radius 1 is 1.11 bits per heavy atom. The second-order valence-corrected chi connectivity index (χ2v) is 7.05. The molecular weight excluding hydrogens is 352 g/mol. The Morgan fingerprint density at radius 3 is 2.71 bits per heavy atom. The monoisotopic (exact) mass is 380 g/mol. The van der Waals surface area contributed by atoms with E-state index in [2.05, 4.69) is 12.2 Å². The van der Waals surface area contributed by atoms with Crippen molar-refractivity contribution < 1.29 is 14.3 Å². The average Bonchev–Trinajstić information content (AvgIpc) is 2.72. The molecule has 1 aliphatic heterocycles. The molecule has 0 radical (unpaired) electrons. The van der Waals surface area contributed by atoms with Crippen molar-refractivity contribution in [3.8, 4) is 5.75 Å². The van der Waals surface area contributed by atoms with Gasteiger partial charge in [0.05, 0.1) is 6.61 Å². The minimum Gasteiger partial charge on any atom is -0.494 e. The van der Waals surface area contributed by atoms with Crippen LogP contribution in [0.2, 0.25) is 0 Å². The molecule has 0 unspecified atom stereocenters. The van der Waals surface area contributed by atoms with Crippen LogP contribution in [0.4, 0.5) is 11.4 Å². The zero-order chi connectivity index (χ0) is 19.8. The van der Waals surface area contributed by atoms with Crippen molar-refractivity contribution in [2.24, 2.45) is 0 Å². The Kier molecular flexibility index (Phi) is 7.06. The Labute approximate surface area is 166 Å². The normalized spacial score (nSPS) is 12.8. The summed E-state index contributed by atoms with van der Waals surface area (Å²) in [5.74, 6) is 0.982. The molecule has 0 aromatic heterocycles. The topological polar surface area (TPSA) is 58.6 Å². The summed E-state index contributed by atoms with van der Waals surface area (Å²) in [6.07, 6.45) is 4.42. The first kappa shape index (κ1) is 19.9. The van der Waals surface area contributed by atoms with Crippen LogP contribution in [0.1, 0.15) is 44.6 Å². The SMILES string of the molecule is CCCCN(C(=O)CCCOc1ccc2c(c1)CCC(=O)N2)c1ccccc1.